The quantitative estimate of drug-likeness (QED) is 0.539. The minimum Gasteiger partial charge on any atom is -0.462 e. The van der Waals surface area contributed by atoms with E-state index in [4.69, 9.17) is 14.3 Å². The van der Waals surface area contributed by atoms with Crippen LogP contribution in [0.3, 0.4) is 0 Å². The Morgan fingerprint density at radius 1 is 0.657 bits per heavy atom. The second-order valence-electron chi connectivity index (χ2n) is 13.5. The van der Waals surface area contributed by atoms with Crippen LogP contribution in [0.25, 0.3) is 0 Å². The first-order valence-electron chi connectivity index (χ1n) is 13.2. The van der Waals surface area contributed by atoms with E-state index in [0.29, 0.717) is 38.5 Å². The summed E-state index contributed by atoms with van der Waals surface area (Å²) in [5.41, 5.74) is -1.40. The van der Waals surface area contributed by atoms with Crippen molar-refractivity contribution in [1.82, 2.24) is 10.1 Å². The van der Waals surface area contributed by atoms with Crippen molar-refractivity contribution in [3.63, 3.8) is 0 Å². The zero-order chi connectivity index (χ0) is 26.4. The molecular weight excluding hydrogens is 448 g/mol. The van der Waals surface area contributed by atoms with E-state index in [0.717, 1.165) is 12.8 Å². The summed E-state index contributed by atoms with van der Waals surface area (Å²) in [7, 11) is 1.69. The van der Waals surface area contributed by atoms with Crippen molar-refractivity contribution in [1.29, 1.82) is 0 Å². The third-order valence-electron chi connectivity index (χ3n) is 8.30. The van der Waals surface area contributed by atoms with Crippen LogP contribution >= 0.6 is 0 Å². The first-order valence-corrected chi connectivity index (χ1v) is 13.2. The molecule has 35 heavy (non-hydrogen) atoms. The lowest BCUT2D eigenvalue weighted by Crippen LogP contribution is -2.61. The fourth-order valence-electron chi connectivity index (χ4n) is 7.10. The molecule has 2 heterocycles. The molecule has 1 aliphatic carbocycles. The van der Waals surface area contributed by atoms with Gasteiger partial charge in [-0.25, -0.2) is 0 Å². The van der Waals surface area contributed by atoms with Crippen LogP contribution in [-0.2, 0) is 23.9 Å². The second kappa shape index (κ2) is 9.92. The van der Waals surface area contributed by atoms with Gasteiger partial charge < -0.3 is 19.5 Å². The van der Waals surface area contributed by atoms with Crippen molar-refractivity contribution >= 4 is 11.9 Å². The van der Waals surface area contributed by atoms with E-state index in [1.165, 1.54) is 5.06 Å². The first-order chi connectivity index (χ1) is 16.0. The van der Waals surface area contributed by atoms with Crippen molar-refractivity contribution in [2.24, 2.45) is 11.8 Å². The number of nitrogens with zero attached hydrogens (tertiary/aromatic N) is 2. The highest BCUT2D eigenvalue weighted by molar-refractivity contribution is 5.75. The van der Waals surface area contributed by atoms with E-state index in [9.17, 15) is 14.8 Å². The summed E-state index contributed by atoms with van der Waals surface area (Å²) in [6.45, 7) is 16.3. The van der Waals surface area contributed by atoms with Crippen molar-refractivity contribution in [2.75, 3.05) is 7.11 Å². The molecule has 0 unspecified atom stereocenters. The average molecular weight is 497 g/mol. The summed E-state index contributed by atoms with van der Waals surface area (Å²) in [5.74, 6) is -0.658. The molecule has 1 N–H and O–H groups in total. The van der Waals surface area contributed by atoms with Gasteiger partial charge in [-0.15, -0.1) is 0 Å². The third kappa shape index (κ3) is 6.20. The van der Waals surface area contributed by atoms with Crippen LogP contribution in [0.15, 0.2) is 0 Å². The molecular formula is C27H48N2O6. The SMILES string of the molecule is CON1C(C)(C)CC(OC(=O)C2CCC(C(=O)OC3CC(C)(C)N(O)C(C)(C)C3)CC2)CC1(C)C. The Bertz CT molecular complexity index is 749. The Labute approximate surface area is 211 Å². The summed E-state index contributed by atoms with van der Waals surface area (Å²) in [6.07, 6.45) is 4.84. The van der Waals surface area contributed by atoms with Crippen molar-refractivity contribution < 1.29 is 29.1 Å². The van der Waals surface area contributed by atoms with Gasteiger partial charge >= 0.3 is 11.9 Å². The Morgan fingerprint density at radius 2 is 0.971 bits per heavy atom. The minimum atomic E-state index is -0.462. The van der Waals surface area contributed by atoms with E-state index in [1.807, 2.05) is 32.8 Å². The maximum atomic E-state index is 13.0. The Balaban J connectivity index is 1.50. The predicted octanol–water partition coefficient (Wildman–Crippen LogP) is 4.87. The molecule has 8 heteroatoms. The predicted molar refractivity (Wildman–Crippen MR) is 132 cm³/mol. The zero-order valence-corrected chi connectivity index (χ0v) is 23.3. The van der Waals surface area contributed by atoms with Gasteiger partial charge in [0, 0.05) is 47.8 Å². The molecule has 0 aromatic carbocycles. The molecule has 0 aromatic heterocycles. The molecule has 0 spiro atoms. The highest BCUT2D eigenvalue weighted by Gasteiger charge is 2.49. The van der Waals surface area contributed by atoms with E-state index in [-0.39, 0.29) is 47.1 Å². The van der Waals surface area contributed by atoms with Gasteiger partial charge in [-0.2, -0.15) is 10.1 Å². The molecule has 3 rings (SSSR count). The van der Waals surface area contributed by atoms with Gasteiger partial charge in [0.15, 0.2) is 0 Å². The Hall–Kier alpha value is -1.22. The van der Waals surface area contributed by atoms with E-state index < -0.39 is 11.1 Å². The number of hydrogen-bond donors (Lipinski definition) is 1. The van der Waals surface area contributed by atoms with Crippen molar-refractivity contribution in [3.05, 3.63) is 0 Å². The third-order valence-corrected chi connectivity index (χ3v) is 8.30. The Morgan fingerprint density at radius 3 is 1.29 bits per heavy atom. The van der Waals surface area contributed by atoms with Gasteiger partial charge in [0.2, 0.25) is 0 Å². The van der Waals surface area contributed by atoms with E-state index in [2.05, 4.69) is 27.7 Å². The van der Waals surface area contributed by atoms with Gasteiger partial charge in [-0.3, -0.25) is 9.59 Å². The molecule has 3 aliphatic rings. The smallest absolute Gasteiger partial charge is 0.309 e. The van der Waals surface area contributed by atoms with Crippen LogP contribution < -0.4 is 0 Å². The van der Waals surface area contributed by atoms with Crippen LogP contribution in [0, 0.1) is 11.8 Å². The average Bonchev–Trinajstić information content (AvgIpc) is 2.70. The number of piperidine rings is 2. The summed E-state index contributed by atoms with van der Waals surface area (Å²) in [6, 6.07) is 0. The number of hydrogen-bond acceptors (Lipinski definition) is 8. The maximum absolute atomic E-state index is 13.0. The van der Waals surface area contributed by atoms with Gasteiger partial charge in [0.05, 0.1) is 18.9 Å². The lowest BCUT2D eigenvalue weighted by Gasteiger charge is -2.52. The normalized spacial score (nSPS) is 31.6. The summed E-state index contributed by atoms with van der Waals surface area (Å²) < 4.78 is 11.9. The summed E-state index contributed by atoms with van der Waals surface area (Å²) >= 11 is 0. The number of carbonyl (C=O) groups is 2. The van der Waals surface area contributed by atoms with Gasteiger partial charge in [-0.1, -0.05) is 0 Å². The lowest BCUT2D eigenvalue weighted by molar-refractivity contribution is -0.278. The van der Waals surface area contributed by atoms with E-state index in [1.54, 1.807) is 7.11 Å². The van der Waals surface area contributed by atoms with Crippen LogP contribution in [0.5, 0.6) is 0 Å². The fraction of sp³-hybridized carbons (Fsp3) is 0.926. The standard InChI is InChI=1S/C27H48N2O6/c1-24(2)14-20(15-25(3,4)28(24)32)34-22(30)18-10-12-19(13-11-18)23(31)35-21-16-26(5,6)29(33-9)27(7,8)17-21/h18-21,32H,10-17H2,1-9H3. The van der Waals surface area contributed by atoms with Gasteiger partial charge in [0.25, 0.3) is 0 Å². The molecule has 0 radical (unpaired) electrons. The monoisotopic (exact) mass is 496 g/mol. The van der Waals surface area contributed by atoms with Crippen LogP contribution in [0.4, 0.5) is 0 Å². The van der Waals surface area contributed by atoms with Crippen LogP contribution in [0.1, 0.15) is 107 Å². The molecule has 3 fully saturated rings. The largest absolute Gasteiger partial charge is 0.462 e. The van der Waals surface area contributed by atoms with Gasteiger partial charge in [-0.05, 0) is 81.1 Å². The Kier molecular flexibility index (Phi) is 8.03. The topological polar surface area (TPSA) is 88.5 Å². The maximum Gasteiger partial charge on any atom is 0.309 e. The number of hydroxylamine groups is 4. The van der Waals surface area contributed by atoms with Crippen molar-refractivity contribution in [3.8, 4) is 0 Å². The van der Waals surface area contributed by atoms with Crippen molar-refractivity contribution in [2.45, 2.75) is 141 Å². The zero-order valence-electron chi connectivity index (χ0n) is 23.3. The summed E-state index contributed by atoms with van der Waals surface area (Å²) in [4.78, 5) is 31.6. The molecule has 0 aromatic rings. The number of ether oxygens (including phenoxy) is 2. The molecule has 2 aliphatic heterocycles. The number of rotatable bonds is 5. The molecule has 8 nitrogen and oxygen atoms in total. The first kappa shape index (κ1) is 28.4. The molecule has 2 saturated heterocycles. The molecule has 0 bridgehead atoms. The van der Waals surface area contributed by atoms with E-state index >= 15 is 0 Å². The van der Waals surface area contributed by atoms with Gasteiger partial charge in [0.1, 0.15) is 12.2 Å². The fourth-order valence-corrected chi connectivity index (χ4v) is 7.10. The molecule has 0 atom stereocenters. The highest BCUT2D eigenvalue weighted by atomic mass is 16.7. The molecule has 202 valence electrons. The minimum absolute atomic E-state index is 0.141. The highest BCUT2D eigenvalue weighted by Crippen LogP contribution is 2.41. The number of esters is 2. The lowest BCUT2D eigenvalue weighted by atomic mass is 9.79. The summed E-state index contributed by atoms with van der Waals surface area (Å²) in [5, 5.41) is 13.9. The second-order valence-corrected chi connectivity index (χ2v) is 13.5. The molecule has 0 amide bonds. The number of carbonyl (C=O) groups excluding carboxylic acids is 2. The van der Waals surface area contributed by atoms with Crippen LogP contribution in [0.2, 0.25) is 0 Å². The van der Waals surface area contributed by atoms with Crippen LogP contribution in [-0.4, -0.2) is 68.7 Å². The molecule has 1 saturated carbocycles.